The molecule has 6 rings (SSSR count). The molecule has 9 nitrogen and oxygen atoms in total. The number of fused-ring (bicyclic) bond motifs is 1. The van der Waals surface area contributed by atoms with E-state index in [9.17, 15) is 9.59 Å². The smallest absolute Gasteiger partial charge is 0.261 e. The van der Waals surface area contributed by atoms with Crippen LogP contribution < -0.4 is 16.0 Å². The van der Waals surface area contributed by atoms with Crippen molar-refractivity contribution >= 4 is 40.7 Å². The summed E-state index contributed by atoms with van der Waals surface area (Å²) in [5.41, 5.74) is 3.76. The van der Waals surface area contributed by atoms with Crippen LogP contribution in [0, 0.1) is 0 Å². The summed E-state index contributed by atoms with van der Waals surface area (Å²) in [5, 5.41) is 14.0. The van der Waals surface area contributed by atoms with Gasteiger partial charge in [0.15, 0.2) is 5.65 Å². The third kappa shape index (κ3) is 5.77. The molecule has 2 saturated heterocycles. The third-order valence-corrected chi connectivity index (χ3v) is 8.82. The third-order valence-electron chi connectivity index (χ3n) is 7.72. The minimum atomic E-state index is -0.0575. The van der Waals surface area contributed by atoms with Gasteiger partial charge >= 0.3 is 0 Å². The van der Waals surface area contributed by atoms with Gasteiger partial charge in [-0.05, 0) is 69.4 Å². The predicted molar refractivity (Wildman–Crippen MR) is 155 cm³/mol. The molecule has 10 heteroatoms. The first-order valence-electron chi connectivity index (χ1n) is 13.9. The summed E-state index contributed by atoms with van der Waals surface area (Å²) in [5.74, 6) is 0.771. The Morgan fingerprint density at radius 3 is 2.92 bits per heavy atom. The number of carbonyl (C=O) groups excluding carboxylic acids is 2. The first kappa shape index (κ1) is 25.8. The lowest BCUT2D eigenvalue weighted by atomic mass is 10.0. The van der Waals surface area contributed by atoms with Crippen molar-refractivity contribution in [2.45, 2.75) is 64.0 Å². The van der Waals surface area contributed by atoms with Crippen molar-refractivity contribution in [2.24, 2.45) is 0 Å². The van der Waals surface area contributed by atoms with Crippen LogP contribution in [0.1, 0.15) is 67.1 Å². The molecule has 39 heavy (non-hydrogen) atoms. The summed E-state index contributed by atoms with van der Waals surface area (Å²) in [6, 6.07) is 6.92. The Labute approximate surface area is 232 Å². The van der Waals surface area contributed by atoms with Crippen molar-refractivity contribution in [3.05, 3.63) is 52.7 Å². The lowest BCUT2D eigenvalue weighted by Gasteiger charge is -2.33. The largest absolute Gasteiger partial charge is 0.367 e. The van der Waals surface area contributed by atoms with E-state index in [1.54, 1.807) is 6.20 Å². The number of thiophene rings is 1. The number of allylic oxidation sites excluding steroid dienone is 1. The SMILES string of the molecule is C=C1NC(=O)C/C1=C\c1cnn2c(NC3CC3)cc(-c3ccc(C(=O)NCCCN4CCCCC4C)s3)nc12. The van der Waals surface area contributed by atoms with Crippen molar-refractivity contribution < 1.29 is 9.59 Å². The summed E-state index contributed by atoms with van der Waals surface area (Å²) < 4.78 is 1.81. The van der Waals surface area contributed by atoms with E-state index in [4.69, 9.17) is 4.98 Å². The first-order valence-corrected chi connectivity index (χ1v) is 14.7. The Balaban J connectivity index is 1.19. The fraction of sp³-hybridized carbons (Fsp3) is 0.448. The standard InChI is InChI=1S/C29H35N7O2S/c1-18-6-3-4-12-35(18)13-5-11-30-29(38)25-10-9-24(39-25)23-16-26(33-22-7-8-22)36-28(34-23)21(17-31-36)14-20-15-27(37)32-19(20)2/h9-10,14,16-18,22,33H,2-8,11-13,15H2,1H3,(H,30,38)(H,32,37)/b20-14+. The molecule has 0 bridgehead atoms. The second-order valence-corrected chi connectivity index (χ2v) is 11.9. The Morgan fingerprint density at radius 1 is 1.28 bits per heavy atom. The summed E-state index contributed by atoms with van der Waals surface area (Å²) in [7, 11) is 0. The molecular formula is C29H35N7O2S. The number of piperidine rings is 1. The van der Waals surface area contributed by atoms with Gasteiger partial charge < -0.3 is 20.9 Å². The second kappa shape index (κ2) is 10.9. The van der Waals surface area contributed by atoms with Crippen LogP contribution in [-0.2, 0) is 4.79 Å². The number of nitrogens with one attached hydrogen (secondary N) is 3. The van der Waals surface area contributed by atoms with Crippen LogP contribution in [0.5, 0.6) is 0 Å². The molecule has 3 N–H and O–H groups in total. The van der Waals surface area contributed by atoms with Crippen molar-refractivity contribution in [1.82, 2.24) is 30.1 Å². The van der Waals surface area contributed by atoms with E-state index in [-0.39, 0.29) is 11.8 Å². The minimum absolute atomic E-state index is 0.0398. The Kier molecular flexibility index (Phi) is 7.22. The van der Waals surface area contributed by atoms with E-state index >= 15 is 0 Å². The van der Waals surface area contributed by atoms with E-state index in [0.29, 0.717) is 41.3 Å². The van der Waals surface area contributed by atoms with Crippen LogP contribution in [0.4, 0.5) is 5.82 Å². The van der Waals surface area contributed by atoms with Crippen LogP contribution in [0.25, 0.3) is 22.3 Å². The maximum absolute atomic E-state index is 12.9. The molecule has 1 aliphatic carbocycles. The minimum Gasteiger partial charge on any atom is -0.367 e. The molecule has 0 radical (unpaired) electrons. The maximum Gasteiger partial charge on any atom is 0.261 e. The average molecular weight is 546 g/mol. The number of hydrogen-bond acceptors (Lipinski definition) is 7. The number of likely N-dealkylation sites (tertiary alicyclic amines) is 1. The number of rotatable bonds is 9. The van der Waals surface area contributed by atoms with Gasteiger partial charge in [0.1, 0.15) is 5.82 Å². The zero-order chi connectivity index (χ0) is 26.9. The van der Waals surface area contributed by atoms with E-state index in [2.05, 4.69) is 39.5 Å². The van der Waals surface area contributed by atoms with Crippen LogP contribution in [-0.4, -0.2) is 63.0 Å². The summed E-state index contributed by atoms with van der Waals surface area (Å²) >= 11 is 1.45. The number of carbonyl (C=O) groups is 2. The molecule has 2 aliphatic heterocycles. The Morgan fingerprint density at radius 2 is 2.15 bits per heavy atom. The molecule has 0 aromatic carbocycles. The van der Waals surface area contributed by atoms with Crippen LogP contribution in [0.3, 0.4) is 0 Å². The summed E-state index contributed by atoms with van der Waals surface area (Å²) in [6.07, 6.45) is 11.1. The molecule has 0 spiro atoms. The number of nitrogens with zero attached hydrogens (tertiary/aromatic N) is 4. The lowest BCUT2D eigenvalue weighted by molar-refractivity contribution is -0.118. The molecule has 3 aliphatic rings. The van der Waals surface area contributed by atoms with Gasteiger partial charge in [-0.25, -0.2) is 4.98 Å². The number of hydrogen-bond donors (Lipinski definition) is 3. The predicted octanol–water partition coefficient (Wildman–Crippen LogP) is 4.44. The summed E-state index contributed by atoms with van der Waals surface area (Å²) in [6.45, 7) is 9.12. The molecule has 1 saturated carbocycles. The molecule has 3 fully saturated rings. The zero-order valence-corrected chi connectivity index (χ0v) is 23.1. The van der Waals surface area contributed by atoms with Crippen molar-refractivity contribution in [3.63, 3.8) is 0 Å². The summed E-state index contributed by atoms with van der Waals surface area (Å²) in [4.78, 5) is 33.8. The van der Waals surface area contributed by atoms with Gasteiger partial charge in [-0.3, -0.25) is 9.59 Å². The highest BCUT2D eigenvalue weighted by atomic mass is 32.1. The molecule has 3 aromatic heterocycles. The number of aromatic nitrogens is 3. The monoisotopic (exact) mass is 545 g/mol. The molecule has 3 aromatic rings. The fourth-order valence-electron chi connectivity index (χ4n) is 5.30. The van der Waals surface area contributed by atoms with Crippen molar-refractivity contribution in [2.75, 3.05) is 25.0 Å². The van der Waals surface area contributed by atoms with Crippen molar-refractivity contribution in [3.8, 4) is 10.6 Å². The maximum atomic E-state index is 12.9. The first-order chi connectivity index (χ1) is 18.9. The highest BCUT2D eigenvalue weighted by Crippen LogP contribution is 2.33. The highest BCUT2D eigenvalue weighted by Gasteiger charge is 2.25. The Bertz CT molecular complexity index is 1450. The highest BCUT2D eigenvalue weighted by molar-refractivity contribution is 7.17. The van der Waals surface area contributed by atoms with Crippen LogP contribution in [0.2, 0.25) is 0 Å². The number of amides is 2. The molecule has 2 amide bonds. The van der Waals surface area contributed by atoms with Gasteiger partial charge in [0, 0.05) is 42.5 Å². The second-order valence-electron chi connectivity index (χ2n) is 10.8. The van der Waals surface area contributed by atoms with Gasteiger partial charge in [-0.15, -0.1) is 11.3 Å². The van der Waals surface area contributed by atoms with Gasteiger partial charge in [-0.2, -0.15) is 9.61 Å². The topological polar surface area (TPSA) is 104 Å². The number of anilines is 1. The lowest BCUT2D eigenvalue weighted by Crippen LogP contribution is -2.39. The van der Waals surface area contributed by atoms with Gasteiger partial charge in [-0.1, -0.05) is 13.0 Å². The molecule has 204 valence electrons. The van der Waals surface area contributed by atoms with Gasteiger partial charge in [0.05, 0.1) is 28.1 Å². The van der Waals surface area contributed by atoms with Crippen LogP contribution in [0.15, 0.2) is 42.2 Å². The molecule has 5 heterocycles. The van der Waals surface area contributed by atoms with E-state index in [1.807, 2.05) is 28.8 Å². The average Bonchev–Trinajstić information content (AvgIpc) is 3.29. The van der Waals surface area contributed by atoms with Gasteiger partial charge in [0.2, 0.25) is 5.91 Å². The van der Waals surface area contributed by atoms with E-state index in [0.717, 1.165) is 59.9 Å². The van der Waals surface area contributed by atoms with Crippen LogP contribution >= 0.6 is 11.3 Å². The zero-order valence-electron chi connectivity index (χ0n) is 22.3. The quantitative estimate of drug-likeness (QED) is 0.344. The molecular weight excluding hydrogens is 510 g/mol. The van der Waals surface area contributed by atoms with E-state index < -0.39 is 0 Å². The van der Waals surface area contributed by atoms with Crippen molar-refractivity contribution in [1.29, 1.82) is 0 Å². The Hall–Kier alpha value is -3.50. The normalized spacial score (nSPS) is 21.1. The fourth-order valence-corrected chi connectivity index (χ4v) is 6.19. The van der Waals surface area contributed by atoms with Gasteiger partial charge in [0.25, 0.3) is 5.91 Å². The molecule has 1 atom stereocenters. The van der Waals surface area contributed by atoms with E-state index in [1.165, 1.54) is 30.6 Å². The molecule has 1 unspecified atom stereocenters.